The third kappa shape index (κ3) is 4.50. The van der Waals surface area contributed by atoms with Crippen LogP contribution in [-0.2, 0) is 9.53 Å². The van der Waals surface area contributed by atoms with E-state index in [1.165, 1.54) is 0 Å². The van der Waals surface area contributed by atoms with Gasteiger partial charge in [-0.25, -0.2) is 14.5 Å². The van der Waals surface area contributed by atoms with Crippen LogP contribution in [0.25, 0.3) is 11.0 Å². The third-order valence-electron chi connectivity index (χ3n) is 4.83. The zero-order valence-electron chi connectivity index (χ0n) is 18.3. The monoisotopic (exact) mass is 408 g/mol. The van der Waals surface area contributed by atoms with Crippen molar-refractivity contribution in [2.45, 2.75) is 59.6 Å². The van der Waals surface area contributed by atoms with Crippen molar-refractivity contribution in [1.82, 2.24) is 14.8 Å². The van der Waals surface area contributed by atoms with E-state index in [1.54, 1.807) is 29.9 Å². The van der Waals surface area contributed by atoms with E-state index in [0.717, 1.165) is 11.3 Å². The van der Waals surface area contributed by atoms with Crippen molar-refractivity contribution >= 4 is 28.6 Å². The molecule has 1 amide bonds. The van der Waals surface area contributed by atoms with Gasteiger partial charge in [-0.15, -0.1) is 0 Å². The van der Waals surface area contributed by atoms with Crippen molar-refractivity contribution in [1.29, 1.82) is 0 Å². The van der Waals surface area contributed by atoms with E-state index in [4.69, 9.17) is 9.72 Å². The molecular formula is C23H28N4O3. The molecule has 0 aliphatic carbocycles. The van der Waals surface area contributed by atoms with Gasteiger partial charge >= 0.3 is 5.97 Å². The maximum absolute atomic E-state index is 13.0. The zero-order valence-corrected chi connectivity index (χ0v) is 18.3. The summed E-state index contributed by atoms with van der Waals surface area (Å²) in [5, 5.41) is 7.78. The number of aromatic nitrogens is 3. The van der Waals surface area contributed by atoms with Crippen molar-refractivity contribution in [2.75, 3.05) is 5.32 Å². The van der Waals surface area contributed by atoms with Crippen LogP contribution in [0.5, 0.6) is 0 Å². The van der Waals surface area contributed by atoms with Gasteiger partial charge in [0.2, 0.25) is 0 Å². The van der Waals surface area contributed by atoms with Crippen LogP contribution in [0.1, 0.15) is 68.2 Å². The smallest absolute Gasteiger partial charge is 0.339 e. The Labute approximate surface area is 176 Å². The van der Waals surface area contributed by atoms with Gasteiger partial charge in [-0.1, -0.05) is 26.0 Å². The van der Waals surface area contributed by atoms with Gasteiger partial charge in [0.1, 0.15) is 0 Å². The van der Waals surface area contributed by atoms with Crippen molar-refractivity contribution in [3.05, 3.63) is 53.3 Å². The minimum atomic E-state index is -0.955. The van der Waals surface area contributed by atoms with Crippen LogP contribution < -0.4 is 5.32 Å². The molecule has 0 bridgehead atoms. The highest BCUT2D eigenvalue weighted by Crippen LogP contribution is 2.25. The predicted octanol–water partition coefficient (Wildman–Crippen LogP) is 4.63. The molecule has 1 atom stereocenters. The van der Waals surface area contributed by atoms with Crippen molar-refractivity contribution in [2.24, 2.45) is 0 Å². The van der Waals surface area contributed by atoms with E-state index in [9.17, 15) is 9.59 Å². The van der Waals surface area contributed by atoms with Crippen LogP contribution in [0.2, 0.25) is 0 Å². The minimum Gasteiger partial charge on any atom is -0.449 e. The second-order valence-corrected chi connectivity index (χ2v) is 8.08. The molecule has 7 heteroatoms. The first-order valence-corrected chi connectivity index (χ1v) is 10.1. The van der Waals surface area contributed by atoms with Crippen LogP contribution in [0.3, 0.4) is 0 Å². The molecule has 0 fully saturated rings. The lowest BCUT2D eigenvalue weighted by Crippen LogP contribution is -2.30. The maximum atomic E-state index is 13.0. The number of nitrogens with one attached hydrogen (secondary N) is 1. The number of rotatable bonds is 6. The van der Waals surface area contributed by atoms with Crippen LogP contribution in [0.4, 0.5) is 5.69 Å². The maximum Gasteiger partial charge on any atom is 0.339 e. The Bertz CT molecular complexity index is 1090. The number of hydrogen-bond acceptors (Lipinski definition) is 5. The number of carbonyl (C=O) groups is 2. The minimum absolute atomic E-state index is 0.0975. The lowest BCUT2D eigenvalue weighted by atomic mass is 10.1. The molecule has 0 radical (unpaired) electrons. The van der Waals surface area contributed by atoms with Gasteiger partial charge in [0, 0.05) is 17.4 Å². The number of fused-ring (bicyclic) bond motifs is 1. The number of carbonyl (C=O) groups excluding carboxylic acids is 2. The first kappa shape index (κ1) is 21.5. The highest BCUT2D eigenvalue weighted by atomic mass is 16.5. The van der Waals surface area contributed by atoms with Crippen LogP contribution in [0, 0.1) is 6.92 Å². The normalized spacial score (nSPS) is 12.4. The van der Waals surface area contributed by atoms with Gasteiger partial charge in [0.05, 0.1) is 17.1 Å². The van der Waals surface area contributed by atoms with Crippen molar-refractivity contribution < 1.29 is 14.3 Å². The molecule has 1 aromatic carbocycles. The molecule has 0 saturated carbocycles. The summed E-state index contributed by atoms with van der Waals surface area (Å²) in [5.74, 6) is -0.834. The summed E-state index contributed by atoms with van der Waals surface area (Å²) in [7, 11) is 0. The fourth-order valence-electron chi connectivity index (χ4n) is 3.12. The van der Waals surface area contributed by atoms with Gasteiger partial charge in [-0.2, -0.15) is 5.10 Å². The molecule has 7 nitrogen and oxygen atoms in total. The predicted molar refractivity (Wildman–Crippen MR) is 117 cm³/mol. The summed E-state index contributed by atoms with van der Waals surface area (Å²) >= 11 is 0. The fraction of sp³-hybridized carbons (Fsp3) is 0.391. The zero-order chi connectivity index (χ0) is 22.0. The molecule has 0 aliphatic rings. The second-order valence-electron chi connectivity index (χ2n) is 8.08. The molecule has 0 spiro atoms. The quantitative estimate of drug-likeness (QED) is 0.601. The number of benzene rings is 1. The van der Waals surface area contributed by atoms with E-state index in [0.29, 0.717) is 22.3 Å². The fourth-order valence-corrected chi connectivity index (χ4v) is 3.12. The van der Waals surface area contributed by atoms with E-state index in [-0.39, 0.29) is 17.9 Å². The molecule has 3 aromatic rings. The Kier molecular flexibility index (Phi) is 6.20. The van der Waals surface area contributed by atoms with Crippen LogP contribution in [0.15, 0.2) is 36.5 Å². The topological polar surface area (TPSA) is 86.1 Å². The molecule has 0 aliphatic heterocycles. The molecule has 0 saturated heterocycles. The summed E-state index contributed by atoms with van der Waals surface area (Å²) in [6.45, 7) is 11.5. The van der Waals surface area contributed by atoms with E-state index in [1.807, 2.05) is 52.8 Å². The Morgan fingerprint density at radius 2 is 1.83 bits per heavy atom. The first-order chi connectivity index (χ1) is 14.2. The molecule has 0 unspecified atom stereocenters. The largest absolute Gasteiger partial charge is 0.449 e. The Balaban J connectivity index is 1.86. The molecule has 2 heterocycles. The number of amides is 1. The van der Waals surface area contributed by atoms with E-state index < -0.39 is 12.1 Å². The number of ether oxygens (including phenoxy) is 1. The average Bonchev–Trinajstić information content (AvgIpc) is 3.11. The number of aryl methyl sites for hydroxylation is 1. The molecule has 2 aromatic heterocycles. The van der Waals surface area contributed by atoms with E-state index in [2.05, 4.69) is 10.4 Å². The van der Waals surface area contributed by atoms with Gasteiger partial charge in [0.15, 0.2) is 11.8 Å². The number of pyridine rings is 1. The Morgan fingerprint density at radius 3 is 2.47 bits per heavy atom. The van der Waals surface area contributed by atoms with Gasteiger partial charge in [0.25, 0.3) is 5.91 Å². The van der Waals surface area contributed by atoms with Crippen molar-refractivity contribution in [3.63, 3.8) is 0 Å². The summed E-state index contributed by atoms with van der Waals surface area (Å²) < 4.78 is 7.28. The van der Waals surface area contributed by atoms with Gasteiger partial charge < -0.3 is 10.1 Å². The SMILES string of the molecule is Cc1cccc(NC(=O)[C@@H](C)OC(=O)c2cc(C(C)C)nc3c2cnn3C(C)C)c1. The highest BCUT2D eigenvalue weighted by molar-refractivity contribution is 6.04. The lowest BCUT2D eigenvalue weighted by molar-refractivity contribution is -0.123. The number of nitrogens with zero attached hydrogens (tertiary/aromatic N) is 3. The van der Waals surface area contributed by atoms with Crippen LogP contribution >= 0.6 is 0 Å². The summed E-state index contributed by atoms with van der Waals surface area (Å²) in [6.07, 6.45) is 0.671. The number of hydrogen-bond donors (Lipinski definition) is 1. The Morgan fingerprint density at radius 1 is 1.10 bits per heavy atom. The molecule has 3 rings (SSSR count). The van der Waals surface area contributed by atoms with Gasteiger partial charge in [-0.05, 0) is 57.4 Å². The van der Waals surface area contributed by atoms with E-state index >= 15 is 0 Å². The second kappa shape index (κ2) is 8.65. The highest BCUT2D eigenvalue weighted by Gasteiger charge is 2.24. The summed E-state index contributed by atoms with van der Waals surface area (Å²) in [4.78, 5) is 30.2. The first-order valence-electron chi connectivity index (χ1n) is 10.1. The lowest BCUT2D eigenvalue weighted by Gasteiger charge is -2.15. The summed E-state index contributed by atoms with van der Waals surface area (Å²) in [6, 6.07) is 9.27. The van der Waals surface area contributed by atoms with Gasteiger partial charge in [-0.3, -0.25) is 4.79 Å². The van der Waals surface area contributed by atoms with Crippen molar-refractivity contribution in [3.8, 4) is 0 Å². The molecule has 30 heavy (non-hydrogen) atoms. The molecular weight excluding hydrogens is 380 g/mol. The standard InChI is InChI=1S/C23H28N4O3/c1-13(2)20-11-18(19-12-24-27(14(3)4)21(19)26-20)23(29)30-16(6)22(28)25-17-9-7-8-15(5)10-17/h7-14,16H,1-6H3,(H,25,28)/t16-/m1/s1. The molecule has 158 valence electrons. The average molecular weight is 409 g/mol. The number of anilines is 1. The van der Waals surface area contributed by atoms with Crippen LogP contribution in [-0.4, -0.2) is 32.7 Å². The summed E-state index contributed by atoms with van der Waals surface area (Å²) in [5.41, 5.74) is 3.47. The molecule has 1 N–H and O–H groups in total. The third-order valence-corrected chi connectivity index (χ3v) is 4.83. The number of esters is 1. The Hall–Kier alpha value is -3.22.